The molecule has 5 heteroatoms. The number of ether oxygens (including phenoxy) is 1. The van der Waals surface area contributed by atoms with Gasteiger partial charge in [-0.05, 0) is 41.6 Å². The molecule has 0 spiro atoms. The number of para-hydroxylation sites is 2. The van der Waals surface area contributed by atoms with Crippen LogP contribution in [0.25, 0.3) is 27.9 Å². The summed E-state index contributed by atoms with van der Waals surface area (Å²) in [5.74, 6) is 1.81. The zero-order valence-electron chi connectivity index (χ0n) is 20.1. The van der Waals surface area contributed by atoms with Crippen molar-refractivity contribution in [3.05, 3.63) is 115 Å². The average Bonchev–Trinajstić information content (AvgIpc) is 3.28. The number of benzene rings is 4. The van der Waals surface area contributed by atoms with E-state index in [2.05, 4.69) is 34.1 Å². The average molecular weight is 476 g/mol. The van der Waals surface area contributed by atoms with E-state index in [9.17, 15) is 4.79 Å². The standard InChI is InChI=1S/C31H29N3O2/c35-31(20-19-24-10-2-1-3-11-24)32-21-9-18-30-33-27-15-6-7-16-28(27)34(30)22-23-36-29-17-8-13-25-12-4-5-14-26(25)29/h1-8,10-17,19-20H,9,18,21-23H2,(H,32,35)/b20-19+. The van der Waals surface area contributed by atoms with Gasteiger partial charge in [0.1, 0.15) is 18.2 Å². The molecule has 0 aliphatic heterocycles. The van der Waals surface area contributed by atoms with Crippen molar-refractivity contribution in [3.63, 3.8) is 0 Å². The molecular weight excluding hydrogens is 446 g/mol. The molecule has 0 aliphatic carbocycles. The van der Waals surface area contributed by atoms with Crippen molar-refractivity contribution in [3.8, 4) is 5.75 Å². The first kappa shape index (κ1) is 23.4. The van der Waals surface area contributed by atoms with Crippen LogP contribution in [0.5, 0.6) is 5.75 Å². The number of carbonyl (C=O) groups is 1. The highest BCUT2D eigenvalue weighted by Crippen LogP contribution is 2.25. The molecule has 0 unspecified atom stereocenters. The van der Waals surface area contributed by atoms with Gasteiger partial charge >= 0.3 is 0 Å². The molecule has 1 heterocycles. The fourth-order valence-corrected chi connectivity index (χ4v) is 4.39. The summed E-state index contributed by atoms with van der Waals surface area (Å²) >= 11 is 0. The summed E-state index contributed by atoms with van der Waals surface area (Å²) in [6.45, 7) is 1.83. The Labute approximate surface area is 211 Å². The number of rotatable bonds is 10. The normalized spacial score (nSPS) is 11.3. The van der Waals surface area contributed by atoms with Crippen LogP contribution in [-0.2, 0) is 17.8 Å². The summed E-state index contributed by atoms with van der Waals surface area (Å²) in [7, 11) is 0. The molecule has 1 aromatic heterocycles. The number of fused-ring (bicyclic) bond motifs is 2. The van der Waals surface area contributed by atoms with Gasteiger partial charge in [-0.25, -0.2) is 4.98 Å². The highest BCUT2D eigenvalue weighted by atomic mass is 16.5. The van der Waals surface area contributed by atoms with Crippen LogP contribution in [0.15, 0.2) is 103 Å². The van der Waals surface area contributed by atoms with Crippen LogP contribution in [0, 0.1) is 0 Å². The third kappa shape index (κ3) is 5.63. The largest absolute Gasteiger partial charge is 0.491 e. The number of amides is 1. The maximum Gasteiger partial charge on any atom is 0.243 e. The molecule has 0 saturated heterocycles. The lowest BCUT2D eigenvalue weighted by Gasteiger charge is -2.12. The number of hydrogen-bond donors (Lipinski definition) is 1. The van der Waals surface area contributed by atoms with Crippen LogP contribution in [-0.4, -0.2) is 28.6 Å². The van der Waals surface area contributed by atoms with Gasteiger partial charge in [0.15, 0.2) is 0 Å². The second-order valence-corrected chi connectivity index (χ2v) is 8.63. The second kappa shape index (κ2) is 11.4. The van der Waals surface area contributed by atoms with Crippen LogP contribution in [0.3, 0.4) is 0 Å². The maximum absolute atomic E-state index is 12.2. The van der Waals surface area contributed by atoms with Crippen LogP contribution in [0.1, 0.15) is 17.8 Å². The van der Waals surface area contributed by atoms with E-state index in [0.29, 0.717) is 19.7 Å². The molecule has 1 amide bonds. The van der Waals surface area contributed by atoms with E-state index in [1.807, 2.05) is 78.9 Å². The zero-order valence-corrected chi connectivity index (χ0v) is 20.1. The molecular formula is C31H29N3O2. The van der Waals surface area contributed by atoms with Crippen molar-refractivity contribution in [2.45, 2.75) is 19.4 Å². The lowest BCUT2D eigenvalue weighted by Crippen LogP contribution is -2.23. The maximum atomic E-state index is 12.2. The monoisotopic (exact) mass is 475 g/mol. The van der Waals surface area contributed by atoms with Gasteiger partial charge in [0.2, 0.25) is 5.91 Å². The predicted molar refractivity (Wildman–Crippen MR) is 146 cm³/mol. The molecule has 5 aromatic rings. The van der Waals surface area contributed by atoms with Gasteiger partial charge in [-0.15, -0.1) is 0 Å². The number of nitrogens with zero attached hydrogens (tertiary/aromatic N) is 2. The Balaban J connectivity index is 1.19. The first-order valence-corrected chi connectivity index (χ1v) is 12.3. The smallest absolute Gasteiger partial charge is 0.243 e. The Morgan fingerprint density at radius 1 is 0.889 bits per heavy atom. The van der Waals surface area contributed by atoms with Crippen LogP contribution in [0.4, 0.5) is 0 Å². The van der Waals surface area contributed by atoms with Gasteiger partial charge < -0.3 is 14.6 Å². The third-order valence-corrected chi connectivity index (χ3v) is 6.16. The van der Waals surface area contributed by atoms with Gasteiger partial charge in [-0.1, -0.05) is 78.9 Å². The van der Waals surface area contributed by atoms with Crippen molar-refractivity contribution < 1.29 is 9.53 Å². The van der Waals surface area contributed by atoms with Crippen molar-refractivity contribution in [1.82, 2.24) is 14.9 Å². The predicted octanol–water partition coefficient (Wildman–Crippen LogP) is 6.03. The lowest BCUT2D eigenvalue weighted by molar-refractivity contribution is -0.116. The van der Waals surface area contributed by atoms with E-state index in [-0.39, 0.29) is 5.91 Å². The van der Waals surface area contributed by atoms with E-state index in [1.165, 1.54) is 5.39 Å². The molecule has 0 fully saturated rings. The fourth-order valence-electron chi connectivity index (χ4n) is 4.39. The van der Waals surface area contributed by atoms with Crippen LogP contribution in [0.2, 0.25) is 0 Å². The van der Waals surface area contributed by atoms with Crippen LogP contribution >= 0.6 is 0 Å². The first-order valence-electron chi connectivity index (χ1n) is 12.3. The Bertz CT molecular complexity index is 1480. The number of hydrogen-bond acceptors (Lipinski definition) is 3. The summed E-state index contributed by atoms with van der Waals surface area (Å²) in [6.07, 6.45) is 4.98. The molecule has 0 saturated carbocycles. The highest BCUT2D eigenvalue weighted by molar-refractivity contribution is 5.91. The molecule has 0 bridgehead atoms. The minimum Gasteiger partial charge on any atom is -0.491 e. The van der Waals surface area contributed by atoms with E-state index >= 15 is 0 Å². The van der Waals surface area contributed by atoms with Gasteiger partial charge in [0.25, 0.3) is 0 Å². The summed E-state index contributed by atoms with van der Waals surface area (Å²) in [5.41, 5.74) is 3.09. The van der Waals surface area contributed by atoms with E-state index in [1.54, 1.807) is 6.08 Å². The minimum atomic E-state index is -0.0872. The van der Waals surface area contributed by atoms with Crippen molar-refractivity contribution >= 4 is 33.8 Å². The third-order valence-electron chi connectivity index (χ3n) is 6.16. The van der Waals surface area contributed by atoms with Gasteiger partial charge in [-0.2, -0.15) is 0 Å². The molecule has 180 valence electrons. The Kier molecular flexibility index (Phi) is 7.38. The SMILES string of the molecule is O=C(/C=C/c1ccccc1)NCCCc1nc2ccccc2n1CCOc1cccc2ccccc12. The van der Waals surface area contributed by atoms with Crippen molar-refractivity contribution in [1.29, 1.82) is 0 Å². The first-order chi connectivity index (χ1) is 17.8. The van der Waals surface area contributed by atoms with Crippen molar-refractivity contribution in [2.75, 3.05) is 13.2 Å². The molecule has 0 atom stereocenters. The van der Waals surface area contributed by atoms with Gasteiger partial charge in [0, 0.05) is 24.4 Å². The number of nitrogens with one attached hydrogen (secondary N) is 1. The number of aromatic nitrogens is 2. The topological polar surface area (TPSA) is 56.2 Å². The molecule has 5 rings (SSSR count). The summed E-state index contributed by atoms with van der Waals surface area (Å²) < 4.78 is 8.44. The Morgan fingerprint density at radius 3 is 2.58 bits per heavy atom. The molecule has 36 heavy (non-hydrogen) atoms. The van der Waals surface area contributed by atoms with Gasteiger partial charge in [0.05, 0.1) is 17.6 Å². The van der Waals surface area contributed by atoms with Crippen LogP contribution < -0.4 is 10.1 Å². The molecule has 5 nitrogen and oxygen atoms in total. The number of carbonyl (C=O) groups excluding carboxylic acids is 1. The minimum absolute atomic E-state index is 0.0872. The summed E-state index contributed by atoms with van der Waals surface area (Å²) in [5, 5.41) is 5.26. The fraction of sp³-hybridized carbons (Fsp3) is 0.161. The summed E-state index contributed by atoms with van der Waals surface area (Å²) in [6, 6.07) is 32.4. The molecule has 1 N–H and O–H groups in total. The lowest BCUT2D eigenvalue weighted by atomic mass is 10.1. The molecule has 4 aromatic carbocycles. The quantitative estimate of drug-likeness (QED) is 0.198. The number of imidazole rings is 1. The second-order valence-electron chi connectivity index (χ2n) is 8.63. The Hall–Kier alpha value is -4.38. The van der Waals surface area contributed by atoms with Crippen molar-refractivity contribution in [2.24, 2.45) is 0 Å². The molecule has 0 aliphatic rings. The van der Waals surface area contributed by atoms with Gasteiger partial charge in [-0.3, -0.25) is 4.79 Å². The Morgan fingerprint density at radius 2 is 1.67 bits per heavy atom. The zero-order chi connectivity index (χ0) is 24.6. The molecule has 0 radical (unpaired) electrons. The van der Waals surface area contributed by atoms with E-state index < -0.39 is 0 Å². The number of aryl methyl sites for hydroxylation is 1. The highest BCUT2D eigenvalue weighted by Gasteiger charge is 2.11. The van der Waals surface area contributed by atoms with E-state index in [0.717, 1.165) is 46.4 Å². The summed E-state index contributed by atoms with van der Waals surface area (Å²) in [4.78, 5) is 17.0. The van der Waals surface area contributed by atoms with E-state index in [4.69, 9.17) is 9.72 Å².